The van der Waals surface area contributed by atoms with Gasteiger partial charge in [-0.3, -0.25) is 4.79 Å². The molecule has 1 aromatic carbocycles. The largest absolute Gasteiger partial charge is 0.396 e. The number of tetrazole rings is 1. The van der Waals surface area contributed by atoms with Crippen LogP contribution >= 0.6 is 0 Å². The van der Waals surface area contributed by atoms with Crippen LogP contribution in [0.3, 0.4) is 0 Å². The first kappa shape index (κ1) is 22.0. The number of aryl methyl sites for hydroxylation is 1. The van der Waals surface area contributed by atoms with E-state index in [2.05, 4.69) is 25.7 Å². The van der Waals surface area contributed by atoms with Crippen molar-refractivity contribution in [1.82, 2.24) is 30.5 Å². The van der Waals surface area contributed by atoms with Crippen molar-refractivity contribution in [2.24, 2.45) is 11.8 Å². The Bertz CT molecular complexity index is 1060. The van der Waals surface area contributed by atoms with E-state index in [1.165, 1.54) is 12.1 Å². The fourth-order valence-electron chi connectivity index (χ4n) is 4.05. The normalized spacial score (nSPS) is 18.5. The lowest BCUT2D eigenvalue weighted by atomic mass is 9.82. The molecule has 0 atom stereocenters. The van der Waals surface area contributed by atoms with E-state index in [1.807, 2.05) is 13.0 Å². The number of nitrogens with one attached hydrogen (secondary N) is 1. The summed E-state index contributed by atoms with van der Waals surface area (Å²) in [6, 6.07) is 9.45. The third-order valence-corrected chi connectivity index (χ3v) is 5.91. The van der Waals surface area contributed by atoms with E-state index in [9.17, 15) is 14.3 Å². The second kappa shape index (κ2) is 9.95. The number of rotatable bonds is 7. The van der Waals surface area contributed by atoms with Gasteiger partial charge in [0, 0.05) is 24.4 Å². The zero-order valence-corrected chi connectivity index (χ0v) is 18.0. The van der Waals surface area contributed by atoms with Crippen LogP contribution in [0, 0.1) is 24.6 Å². The van der Waals surface area contributed by atoms with Crippen LogP contribution in [0.5, 0.6) is 0 Å². The minimum absolute atomic E-state index is 0.264. The van der Waals surface area contributed by atoms with Crippen molar-refractivity contribution >= 4 is 5.91 Å². The third kappa shape index (κ3) is 5.53. The molecule has 1 amide bonds. The average Bonchev–Trinajstić information content (AvgIpc) is 3.27. The molecule has 4 rings (SSSR count). The van der Waals surface area contributed by atoms with Crippen molar-refractivity contribution in [3.63, 3.8) is 0 Å². The van der Waals surface area contributed by atoms with E-state index in [1.54, 1.807) is 23.0 Å². The number of amides is 1. The maximum absolute atomic E-state index is 13.0. The van der Waals surface area contributed by atoms with Crippen molar-refractivity contribution in [3.8, 4) is 11.4 Å². The summed E-state index contributed by atoms with van der Waals surface area (Å²) in [4.78, 5) is 18.6. The van der Waals surface area contributed by atoms with Crippen LogP contribution in [0.25, 0.3) is 11.4 Å². The van der Waals surface area contributed by atoms with Crippen LogP contribution in [0.1, 0.15) is 47.4 Å². The Hall–Kier alpha value is -3.20. The first-order valence-corrected chi connectivity index (χ1v) is 10.9. The number of carbonyl (C=O) groups is 1. The van der Waals surface area contributed by atoms with Gasteiger partial charge in [-0.05, 0) is 79.5 Å². The number of nitrogens with zero attached hydrogens (tertiary/aromatic N) is 5. The first-order chi connectivity index (χ1) is 15.5. The van der Waals surface area contributed by atoms with Gasteiger partial charge < -0.3 is 10.4 Å². The quantitative estimate of drug-likeness (QED) is 0.588. The fraction of sp³-hybridized carbons (Fsp3) is 0.435. The lowest BCUT2D eigenvalue weighted by Crippen LogP contribution is -2.24. The molecule has 1 fully saturated rings. The summed E-state index contributed by atoms with van der Waals surface area (Å²) in [5.74, 6) is 0.702. The van der Waals surface area contributed by atoms with Gasteiger partial charge in [-0.2, -0.15) is 4.80 Å². The van der Waals surface area contributed by atoms with Crippen LogP contribution in [0.2, 0.25) is 0 Å². The SMILES string of the molecule is Cc1cc(-c2nnn(C[C@H]3CC[C@H](CO)CC3)n2)cc(C(=O)NCc2ccc(F)cc2)n1. The van der Waals surface area contributed by atoms with Gasteiger partial charge in [0.1, 0.15) is 11.5 Å². The minimum atomic E-state index is -0.327. The number of hydrogen-bond acceptors (Lipinski definition) is 6. The molecule has 8 nitrogen and oxygen atoms in total. The molecular formula is C23H27FN6O2. The summed E-state index contributed by atoms with van der Waals surface area (Å²) < 4.78 is 13.0. The van der Waals surface area contributed by atoms with Crippen molar-refractivity contribution < 1.29 is 14.3 Å². The molecule has 1 aliphatic carbocycles. The van der Waals surface area contributed by atoms with Crippen LogP contribution in [0.4, 0.5) is 4.39 Å². The Morgan fingerprint density at radius 3 is 2.59 bits per heavy atom. The van der Waals surface area contributed by atoms with E-state index < -0.39 is 0 Å². The Morgan fingerprint density at radius 1 is 1.16 bits per heavy atom. The zero-order valence-electron chi connectivity index (χ0n) is 18.0. The van der Waals surface area contributed by atoms with Crippen LogP contribution in [-0.4, -0.2) is 42.8 Å². The van der Waals surface area contributed by atoms with E-state index in [-0.39, 0.29) is 30.6 Å². The van der Waals surface area contributed by atoms with Gasteiger partial charge in [0.05, 0.1) is 6.54 Å². The number of hydrogen-bond donors (Lipinski definition) is 2. The van der Waals surface area contributed by atoms with Crippen molar-refractivity contribution in [3.05, 3.63) is 59.2 Å². The highest BCUT2D eigenvalue weighted by Gasteiger charge is 2.22. The van der Waals surface area contributed by atoms with Crippen molar-refractivity contribution in [2.75, 3.05) is 6.61 Å². The van der Waals surface area contributed by atoms with Gasteiger partial charge in [-0.25, -0.2) is 9.37 Å². The highest BCUT2D eigenvalue weighted by molar-refractivity contribution is 5.93. The molecule has 0 bridgehead atoms. The zero-order chi connectivity index (χ0) is 22.5. The molecular weight excluding hydrogens is 411 g/mol. The summed E-state index contributed by atoms with van der Waals surface area (Å²) >= 11 is 0. The molecule has 2 N–H and O–H groups in total. The molecule has 0 unspecified atom stereocenters. The van der Waals surface area contributed by atoms with E-state index >= 15 is 0 Å². The molecule has 3 aromatic rings. The number of carbonyl (C=O) groups excluding carboxylic acids is 1. The number of halogens is 1. The lowest BCUT2D eigenvalue weighted by Gasteiger charge is -2.26. The molecule has 2 heterocycles. The molecule has 32 heavy (non-hydrogen) atoms. The Labute approximate surface area is 185 Å². The van der Waals surface area contributed by atoms with Gasteiger partial charge in [-0.1, -0.05) is 12.1 Å². The topological polar surface area (TPSA) is 106 Å². The second-order valence-corrected chi connectivity index (χ2v) is 8.43. The van der Waals surface area contributed by atoms with E-state index in [4.69, 9.17) is 0 Å². The molecule has 0 radical (unpaired) electrons. The number of aliphatic hydroxyl groups excluding tert-OH is 1. The molecule has 0 saturated heterocycles. The highest BCUT2D eigenvalue weighted by atomic mass is 19.1. The van der Waals surface area contributed by atoms with Gasteiger partial charge in [0.25, 0.3) is 5.91 Å². The molecule has 9 heteroatoms. The summed E-state index contributed by atoms with van der Waals surface area (Å²) in [5, 5.41) is 25.0. The summed E-state index contributed by atoms with van der Waals surface area (Å²) in [6.07, 6.45) is 4.16. The average molecular weight is 439 g/mol. The van der Waals surface area contributed by atoms with Crippen LogP contribution in [-0.2, 0) is 13.1 Å². The lowest BCUT2D eigenvalue weighted by molar-refractivity contribution is 0.0945. The predicted octanol–water partition coefficient (Wildman–Crippen LogP) is 2.91. The molecule has 2 aromatic heterocycles. The monoisotopic (exact) mass is 438 g/mol. The maximum atomic E-state index is 13.0. The maximum Gasteiger partial charge on any atom is 0.270 e. The van der Waals surface area contributed by atoms with E-state index in [0.717, 1.165) is 31.2 Å². The Morgan fingerprint density at radius 2 is 1.88 bits per heavy atom. The molecule has 0 aliphatic heterocycles. The van der Waals surface area contributed by atoms with Crippen molar-refractivity contribution in [1.29, 1.82) is 0 Å². The molecule has 1 aliphatic rings. The summed E-state index contributed by atoms with van der Waals surface area (Å²) in [7, 11) is 0. The predicted molar refractivity (Wildman–Crippen MR) is 116 cm³/mol. The van der Waals surface area contributed by atoms with Gasteiger partial charge in [0.15, 0.2) is 0 Å². The van der Waals surface area contributed by atoms with Gasteiger partial charge >= 0.3 is 0 Å². The first-order valence-electron chi connectivity index (χ1n) is 10.9. The third-order valence-electron chi connectivity index (χ3n) is 5.91. The van der Waals surface area contributed by atoms with Gasteiger partial charge in [-0.15, -0.1) is 10.2 Å². The second-order valence-electron chi connectivity index (χ2n) is 8.43. The van der Waals surface area contributed by atoms with Crippen LogP contribution < -0.4 is 5.32 Å². The number of benzene rings is 1. The Balaban J connectivity index is 1.41. The standard InChI is InChI=1S/C23H27FN6O2/c1-15-10-19(11-21(26-15)23(32)25-12-16-6-8-20(24)9-7-16)22-27-29-30(28-22)13-17-2-4-18(14-31)5-3-17/h6-11,17-18,31H,2-5,12-14H2,1H3,(H,25,32)/t17-,18-. The molecule has 0 spiro atoms. The summed E-state index contributed by atoms with van der Waals surface area (Å²) in [5.41, 5.74) is 2.42. The minimum Gasteiger partial charge on any atom is -0.396 e. The molecule has 168 valence electrons. The van der Waals surface area contributed by atoms with Crippen LogP contribution in [0.15, 0.2) is 36.4 Å². The molecule has 1 saturated carbocycles. The highest BCUT2D eigenvalue weighted by Crippen LogP contribution is 2.29. The smallest absolute Gasteiger partial charge is 0.270 e. The fourth-order valence-corrected chi connectivity index (χ4v) is 4.05. The number of aliphatic hydroxyl groups is 1. The summed E-state index contributed by atoms with van der Waals surface area (Å²) in [6.45, 7) is 3.04. The number of aromatic nitrogens is 5. The van der Waals surface area contributed by atoms with E-state index in [0.29, 0.717) is 35.5 Å². The number of pyridine rings is 1. The Kier molecular flexibility index (Phi) is 6.84. The van der Waals surface area contributed by atoms with Gasteiger partial charge in [0.2, 0.25) is 5.82 Å². The van der Waals surface area contributed by atoms with Crippen molar-refractivity contribution in [2.45, 2.75) is 45.7 Å².